The number of aromatic hydroxyl groups is 1. The fraction of sp³-hybridized carbons (Fsp3) is 0.343. The molecule has 0 unspecified atom stereocenters. The zero-order valence-corrected chi connectivity index (χ0v) is 55.9. The van der Waals surface area contributed by atoms with Gasteiger partial charge in [-0.15, -0.1) is 0 Å². The Balaban J connectivity index is 0.000000128. The lowest BCUT2D eigenvalue weighted by molar-refractivity contribution is 0.0985. The molecule has 5 aliphatic rings. The monoisotopic (exact) mass is 1340 g/mol. The van der Waals surface area contributed by atoms with Gasteiger partial charge in [-0.3, -0.25) is 28.4 Å². The maximum atomic E-state index is 11.7. The Kier molecular flexibility index (Phi) is 19.1. The van der Waals surface area contributed by atoms with Crippen LogP contribution in [0.15, 0.2) is 109 Å². The number of carbonyl (C=O) groups excluding carboxylic acids is 3. The van der Waals surface area contributed by atoms with Gasteiger partial charge in [0.1, 0.15) is 22.8 Å². The molecule has 9 heterocycles. The molecule has 29 nitrogen and oxygen atoms in total. The van der Waals surface area contributed by atoms with E-state index in [4.69, 9.17) is 26.7 Å². The third kappa shape index (κ3) is 14.6. The number of aromatic nitrogens is 12. The second-order valence-electron chi connectivity index (χ2n) is 24.6. The number of rotatable bonds is 11. The maximum absolute atomic E-state index is 11.7. The summed E-state index contributed by atoms with van der Waals surface area (Å²) in [5, 5.41) is 23.1. The van der Waals surface area contributed by atoms with E-state index in [2.05, 4.69) is 120 Å². The summed E-state index contributed by atoms with van der Waals surface area (Å²) in [4.78, 5) is 75.0. The number of sulfone groups is 1. The molecule has 0 bridgehead atoms. The molecule has 0 atom stereocenters. The number of hydrogen-bond donors (Lipinski definition) is 4. The highest BCUT2D eigenvalue weighted by Crippen LogP contribution is 2.37. The second-order valence-corrected chi connectivity index (χ2v) is 26.5. The average molecular weight is 1340 g/mol. The van der Waals surface area contributed by atoms with Crippen LogP contribution in [0.2, 0.25) is 0 Å². The minimum absolute atomic E-state index is 0.206. The Bertz CT molecular complexity index is 4690. The Morgan fingerprint density at radius 1 is 0.464 bits per heavy atom. The second kappa shape index (κ2) is 27.9. The van der Waals surface area contributed by atoms with E-state index >= 15 is 0 Å². The van der Waals surface area contributed by atoms with Crippen LogP contribution in [0.25, 0.3) is 44.6 Å². The van der Waals surface area contributed by atoms with Crippen molar-refractivity contribution in [1.82, 2.24) is 73.9 Å². The normalized spacial score (nSPS) is 15.5. The lowest BCUT2D eigenvalue weighted by Crippen LogP contribution is -2.44. The first-order valence-electron chi connectivity index (χ1n) is 31.7. The fourth-order valence-corrected chi connectivity index (χ4v) is 13.0. The zero-order valence-electron chi connectivity index (χ0n) is 55.1. The summed E-state index contributed by atoms with van der Waals surface area (Å²) in [6, 6.07) is 27.6. The molecule has 97 heavy (non-hydrogen) atoms. The van der Waals surface area contributed by atoms with Gasteiger partial charge in [0.2, 0.25) is 15.0 Å². The molecule has 4 aromatic carbocycles. The van der Waals surface area contributed by atoms with E-state index in [-0.39, 0.29) is 28.6 Å². The number of piperazine rings is 3. The smallest absolute Gasteiger partial charge is 0.322 e. The number of carbonyl (C=O) groups is 3. The molecule has 2 aliphatic carbocycles. The first-order valence-corrected chi connectivity index (χ1v) is 33.6. The predicted octanol–water partition coefficient (Wildman–Crippen LogP) is 4.40. The number of phenolic OH excluding ortho intramolecular Hbond substituents is 1. The van der Waals surface area contributed by atoms with Crippen molar-refractivity contribution in [2.75, 3.05) is 121 Å². The molecule has 3 fully saturated rings. The molecular weight excluding hydrogens is 1260 g/mol. The summed E-state index contributed by atoms with van der Waals surface area (Å²) in [6.07, 6.45) is 8.67. The number of primary amides is 3. The van der Waals surface area contributed by atoms with Gasteiger partial charge in [0.25, 0.3) is 17.7 Å². The Labute approximate surface area is 560 Å². The van der Waals surface area contributed by atoms with E-state index in [0.717, 1.165) is 125 Å². The van der Waals surface area contributed by atoms with Gasteiger partial charge in [-0.25, -0.2) is 28.4 Å². The van der Waals surface area contributed by atoms with Crippen LogP contribution < -0.4 is 41.4 Å². The van der Waals surface area contributed by atoms with Gasteiger partial charge in [0.15, 0.2) is 17.1 Å². The fourth-order valence-electron chi connectivity index (χ4n) is 12.5. The van der Waals surface area contributed by atoms with E-state index in [0.29, 0.717) is 75.6 Å². The minimum Gasteiger partial charge on any atom is -0.508 e. The molecule has 30 heteroatoms. The van der Waals surface area contributed by atoms with Crippen LogP contribution in [0, 0.1) is 0 Å². The van der Waals surface area contributed by atoms with Crippen LogP contribution in [0.5, 0.6) is 29.3 Å². The van der Waals surface area contributed by atoms with Crippen LogP contribution in [-0.4, -0.2) is 211 Å². The predicted molar refractivity (Wildman–Crippen MR) is 366 cm³/mol. The summed E-state index contributed by atoms with van der Waals surface area (Å²) in [6.45, 7) is 12.7. The number of amides is 3. The van der Waals surface area contributed by atoms with Gasteiger partial charge in [-0.1, -0.05) is 6.07 Å². The van der Waals surface area contributed by atoms with E-state index in [1.54, 1.807) is 55.0 Å². The molecule has 504 valence electrons. The highest BCUT2D eigenvalue weighted by atomic mass is 32.2. The molecule has 7 N–H and O–H groups in total. The van der Waals surface area contributed by atoms with Crippen LogP contribution in [-0.2, 0) is 56.7 Å². The van der Waals surface area contributed by atoms with E-state index in [1.165, 1.54) is 27.9 Å². The number of aryl methyl sites for hydroxylation is 5. The van der Waals surface area contributed by atoms with E-state index in [1.807, 2.05) is 48.5 Å². The molecule has 6 aromatic heterocycles. The molecule has 3 saturated heterocycles. The molecule has 3 aliphatic heterocycles. The number of phenols is 1. The van der Waals surface area contributed by atoms with Crippen LogP contribution in [0.3, 0.4) is 0 Å². The largest absolute Gasteiger partial charge is 0.508 e. The number of anilines is 3. The Morgan fingerprint density at radius 3 is 1.31 bits per heavy atom. The number of nitrogens with two attached hydrogens (primary N) is 3. The van der Waals surface area contributed by atoms with Crippen molar-refractivity contribution in [3.8, 4) is 52.0 Å². The van der Waals surface area contributed by atoms with Crippen molar-refractivity contribution < 1.29 is 37.4 Å². The summed E-state index contributed by atoms with van der Waals surface area (Å²) in [5.41, 5.74) is 28.0. The van der Waals surface area contributed by atoms with Gasteiger partial charge in [0.05, 0.1) is 28.3 Å². The highest BCUT2D eigenvalue weighted by Gasteiger charge is 2.31. The van der Waals surface area contributed by atoms with Gasteiger partial charge in [-0.2, -0.15) is 25.3 Å². The molecular formula is C67H77N21O8S. The van der Waals surface area contributed by atoms with Crippen molar-refractivity contribution >= 4 is 66.4 Å². The van der Waals surface area contributed by atoms with Gasteiger partial charge in [-0.05, 0) is 137 Å². The van der Waals surface area contributed by atoms with Gasteiger partial charge in [0, 0.05) is 163 Å². The quantitative estimate of drug-likeness (QED) is 0.130. The summed E-state index contributed by atoms with van der Waals surface area (Å²) in [7, 11) is 8.15. The minimum atomic E-state index is -3.50. The van der Waals surface area contributed by atoms with Crippen molar-refractivity contribution in [2.24, 2.45) is 38.3 Å². The number of nitrogens with zero attached hydrogens (tertiary/aromatic N) is 18. The Hall–Kier alpha value is -10.7. The first-order chi connectivity index (χ1) is 46.5. The van der Waals surface area contributed by atoms with Gasteiger partial charge >= 0.3 is 12.0 Å². The molecule has 0 spiro atoms. The van der Waals surface area contributed by atoms with E-state index < -0.39 is 27.6 Å². The average Bonchev–Trinajstić information content (AvgIpc) is 1.66. The number of ether oxygens (including phenoxy) is 2. The van der Waals surface area contributed by atoms with Gasteiger partial charge < -0.3 is 61.2 Å². The molecule has 10 aromatic rings. The van der Waals surface area contributed by atoms with Crippen molar-refractivity contribution in [3.63, 3.8) is 0 Å². The molecule has 15 rings (SSSR count). The van der Waals surface area contributed by atoms with E-state index in [9.17, 15) is 27.9 Å². The third-order valence-electron chi connectivity index (χ3n) is 17.8. The Morgan fingerprint density at radius 2 is 0.866 bits per heavy atom. The standard InChI is InChI=1S/C22H25N7O2.C22H23N7O2.C12H13N5O3S.C11H16N2O/c2*1-27-9-11-29(12-10-27)15-4-6-16(7-5-15)31-22-24-13-14-3-8-17-19(21(23)30)26-28(2)20(17)18(14)25-22;1-17-10-7(9(16-17)11(13)18)4-3-6-5-14-12(15-8(6)10)21(2,19)20;1-12-6-8-13(9-7-12)10-2-4-11(14)5-3-10/h4-7,13H,3,8-12H2,1-2H3,(H2,23,30);3-8,13H,9-12H2,1-2H3,(H2,23,30);5H,3-4H2,1-2H3,(H2,13,18);2-5,14H,6-9H2,1H3. The van der Waals surface area contributed by atoms with Crippen LogP contribution in [0.4, 0.5) is 17.1 Å². The lowest BCUT2D eigenvalue weighted by atomic mass is 9.93. The maximum Gasteiger partial charge on any atom is 0.322 e. The summed E-state index contributed by atoms with van der Waals surface area (Å²) in [5.74, 6) is -0.0262. The SMILES string of the molecule is CN1CCN(c2ccc(O)cc2)CC1.CN1CCN(c2ccc(Oc3ncc4c(n3)-c3c(c(C(N)=O)nn3C)CC4)cc2)CC1.CN1CCN(c2ccc(Oc3ncc4ccc5c(C(N)=O)nn(C)c5c4n3)cc2)CC1.Cn1nc(C(N)=O)c2c1-c1nc(S(C)(=O)=O)ncc1CC2. The van der Waals surface area contributed by atoms with Crippen molar-refractivity contribution in [3.05, 3.63) is 143 Å². The summed E-state index contributed by atoms with van der Waals surface area (Å²) < 4.78 is 39.9. The van der Waals surface area contributed by atoms with Crippen molar-refractivity contribution in [2.45, 2.75) is 30.8 Å². The highest BCUT2D eigenvalue weighted by molar-refractivity contribution is 7.90. The topological polar surface area (TPSA) is 352 Å². The third-order valence-corrected chi connectivity index (χ3v) is 18.7. The number of benzene rings is 4. The summed E-state index contributed by atoms with van der Waals surface area (Å²) >= 11 is 0. The number of fused-ring (bicyclic) bond motifs is 9. The van der Waals surface area contributed by atoms with Crippen molar-refractivity contribution in [1.29, 1.82) is 0 Å². The first kappa shape index (κ1) is 66.3. The lowest BCUT2D eigenvalue weighted by Gasteiger charge is -2.34. The molecule has 3 amide bonds. The number of hydrogen-bond acceptors (Lipinski definition) is 23. The molecule has 0 radical (unpaired) electrons. The molecule has 0 saturated carbocycles. The van der Waals surface area contributed by atoms with Crippen LogP contribution >= 0.6 is 0 Å². The zero-order chi connectivity index (χ0) is 68.4. The van der Waals surface area contributed by atoms with Crippen LogP contribution in [0.1, 0.15) is 53.7 Å². The number of likely N-dealkylation sites (N-methyl/N-ethyl adjacent to an activating group) is 3.